The molecule has 20 heavy (non-hydrogen) atoms. The lowest BCUT2D eigenvalue weighted by molar-refractivity contribution is 0.0901. The maximum atomic E-state index is 9.14. The smallest absolute Gasteiger partial charge is 0.128 e. The van der Waals surface area contributed by atoms with Crippen LogP contribution in [0.4, 0.5) is 0 Å². The molecule has 0 amide bonds. The summed E-state index contributed by atoms with van der Waals surface area (Å²) in [4.78, 5) is 0. The Morgan fingerprint density at radius 1 is 1.25 bits per heavy atom. The summed E-state index contributed by atoms with van der Waals surface area (Å²) in [5.74, 6) is 1.50. The molecule has 1 N–H and O–H groups in total. The second-order valence-corrected chi connectivity index (χ2v) is 5.51. The van der Waals surface area contributed by atoms with E-state index < -0.39 is 0 Å². The van der Waals surface area contributed by atoms with Gasteiger partial charge < -0.3 is 9.94 Å². The first-order valence-electron chi connectivity index (χ1n) is 7.77. The van der Waals surface area contributed by atoms with Crippen molar-refractivity contribution in [2.45, 2.75) is 58.5 Å². The van der Waals surface area contributed by atoms with Crippen LogP contribution < -0.4 is 4.74 Å². The van der Waals surface area contributed by atoms with Crippen molar-refractivity contribution in [1.82, 2.24) is 0 Å². The summed E-state index contributed by atoms with van der Waals surface area (Å²) in [5.41, 5.74) is 1.60. The minimum atomic E-state index is 0.298. The van der Waals surface area contributed by atoms with Gasteiger partial charge in [0.15, 0.2) is 0 Å². The molecule has 0 aromatic heterocycles. The van der Waals surface area contributed by atoms with Gasteiger partial charge in [-0.3, -0.25) is 0 Å². The fourth-order valence-corrected chi connectivity index (χ4v) is 3.08. The molecule has 1 fully saturated rings. The van der Waals surface area contributed by atoms with Crippen LogP contribution >= 0.6 is 0 Å². The molecule has 0 spiro atoms. The Hall–Kier alpha value is -1.51. The number of hydrogen-bond acceptors (Lipinski definition) is 3. The van der Waals surface area contributed by atoms with E-state index in [-0.39, 0.29) is 0 Å². The first-order valence-corrected chi connectivity index (χ1v) is 7.77. The Morgan fingerprint density at radius 3 is 2.70 bits per heavy atom. The number of rotatable bonds is 5. The molecule has 0 radical (unpaired) electrons. The van der Waals surface area contributed by atoms with E-state index in [1.54, 1.807) is 0 Å². The minimum absolute atomic E-state index is 0.298. The van der Waals surface area contributed by atoms with Crippen molar-refractivity contribution in [2.75, 3.05) is 0 Å². The molecular weight excluding hydrogens is 250 g/mol. The molecule has 2 rings (SSSR count). The Morgan fingerprint density at radius 2 is 2.00 bits per heavy atom. The molecule has 0 heterocycles. The average Bonchev–Trinajstić information content (AvgIpc) is 2.50. The van der Waals surface area contributed by atoms with E-state index in [0.29, 0.717) is 24.2 Å². The van der Waals surface area contributed by atoms with Gasteiger partial charge in [0.25, 0.3) is 0 Å². The standard InChI is InChI=1S/C17H25NO2/c1-3-13-9-5-7-11-16(13)20-17-12-8-6-10-14(17)15(4-2)18-19/h6,8,10,12-13,16,19H,3-5,7,9,11H2,1-2H3. The van der Waals surface area contributed by atoms with Gasteiger partial charge in [0.05, 0.1) is 5.71 Å². The average molecular weight is 275 g/mol. The third kappa shape index (κ3) is 3.33. The van der Waals surface area contributed by atoms with Crippen molar-refractivity contribution >= 4 is 5.71 Å². The number of nitrogens with zero attached hydrogens (tertiary/aromatic N) is 1. The van der Waals surface area contributed by atoms with Gasteiger partial charge in [-0.15, -0.1) is 0 Å². The second kappa shape index (κ2) is 7.32. The van der Waals surface area contributed by atoms with Crippen molar-refractivity contribution in [1.29, 1.82) is 0 Å². The molecule has 3 nitrogen and oxygen atoms in total. The molecule has 1 aliphatic carbocycles. The topological polar surface area (TPSA) is 41.8 Å². The molecule has 0 saturated heterocycles. The molecule has 2 unspecified atom stereocenters. The molecule has 2 atom stereocenters. The van der Waals surface area contributed by atoms with Crippen LogP contribution in [-0.4, -0.2) is 17.0 Å². The van der Waals surface area contributed by atoms with Crippen molar-refractivity contribution in [2.24, 2.45) is 11.1 Å². The molecule has 110 valence electrons. The van der Waals surface area contributed by atoms with Gasteiger partial charge in [0.1, 0.15) is 11.9 Å². The Balaban J connectivity index is 2.20. The SMILES string of the molecule is CCC(=NO)c1ccccc1OC1CCCCC1CC. The van der Waals surface area contributed by atoms with Crippen LogP contribution in [0.2, 0.25) is 0 Å². The maximum absolute atomic E-state index is 9.14. The van der Waals surface area contributed by atoms with Gasteiger partial charge in [0.2, 0.25) is 0 Å². The highest BCUT2D eigenvalue weighted by Crippen LogP contribution is 2.32. The quantitative estimate of drug-likeness (QED) is 0.484. The predicted octanol–water partition coefficient (Wildman–Crippen LogP) is 4.62. The van der Waals surface area contributed by atoms with E-state index >= 15 is 0 Å². The zero-order chi connectivity index (χ0) is 14.4. The summed E-state index contributed by atoms with van der Waals surface area (Å²) in [6, 6.07) is 7.89. The lowest BCUT2D eigenvalue weighted by atomic mass is 9.84. The largest absolute Gasteiger partial charge is 0.489 e. The molecular formula is C17H25NO2. The van der Waals surface area contributed by atoms with Crippen molar-refractivity contribution < 1.29 is 9.94 Å². The normalized spacial score (nSPS) is 23.6. The molecule has 0 bridgehead atoms. The van der Waals surface area contributed by atoms with Crippen LogP contribution in [0.1, 0.15) is 57.9 Å². The molecule has 1 aromatic carbocycles. The van der Waals surface area contributed by atoms with Gasteiger partial charge in [-0.1, -0.05) is 37.6 Å². The van der Waals surface area contributed by atoms with Crippen molar-refractivity contribution in [3.63, 3.8) is 0 Å². The lowest BCUT2D eigenvalue weighted by Crippen LogP contribution is -2.30. The third-order valence-electron chi connectivity index (χ3n) is 4.30. The van der Waals surface area contributed by atoms with E-state index in [9.17, 15) is 0 Å². The Labute approximate surface area is 121 Å². The minimum Gasteiger partial charge on any atom is -0.489 e. The predicted molar refractivity (Wildman–Crippen MR) is 81.7 cm³/mol. The van der Waals surface area contributed by atoms with E-state index in [2.05, 4.69) is 12.1 Å². The fourth-order valence-electron chi connectivity index (χ4n) is 3.08. The molecule has 3 heteroatoms. The zero-order valence-corrected chi connectivity index (χ0v) is 12.5. The van der Waals surface area contributed by atoms with E-state index in [1.165, 1.54) is 25.7 Å². The maximum Gasteiger partial charge on any atom is 0.128 e. The fraction of sp³-hybridized carbons (Fsp3) is 0.588. The molecule has 0 aliphatic heterocycles. The number of oxime groups is 1. The summed E-state index contributed by atoms with van der Waals surface area (Å²) in [5, 5.41) is 12.5. The second-order valence-electron chi connectivity index (χ2n) is 5.51. The number of hydrogen-bond donors (Lipinski definition) is 1. The van der Waals surface area contributed by atoms with E-state index in [0.717, 1.165) is 17.7 Å². The van der Waals surface area contributed by atoms with Crippen LogP contribution in [0.15, 0.2) is 29.4 Å². The molecule has 1 saturated carbocycles. The van der Waals surface area contributed by atoms with Gasteiger partial charge in [-0.25, -0.2) is 0 Å². The van der Waals surface area contributed by atoms with E-state index in [1.807, 2.05) is 31.2 Å². The van der Waals surface area contributed by atoms with Crippen LogP contribution in [0, 0.1) is 5.92 Å². The van der Waals surface area contributed by atoms with Gasteiger partial charge in [-0.05, 0) is 50.2 Å². The highest BCUT2D eigenvalue weighted by Gasteiger charge is 2.26. The van der Waals surface area contributed by atoms with Gasteiger partial charge in [0, 0.05) is 5.56 Å². The van der Waals surface area contributed by atoms with E-state index in [4.69, 9.17) is 9.94 Å². The summed E-state index contributed by atoms with van der Waals surface area (Å²) >= 11 is 0. The Bertz CT molecular complexity index is 456. The number of para-hydroxylation sites is 1. The highest BCUT2D eigenvalue weighted by molar-refractivity contribution is 6.02. The number of benzene rings is 1. The first-order chi connectivity index (χ1) is 9.80. The van der Waals surface area contributed by atoms with Crippen LogP contribution in [0.3, 0.4) is 0 Å². The lowest BCUT2D eigenvalue weighted by Gasteiger charge is -2.31. The highest BCUT2D eigenvalue weighted by atomic mass is 16.5. The summed E-state index contributed by atoms with van der Waals surface area (Å²) in [7, 11) is 0. The zero-order valence-electron chi connectivity index (χ0n) is 12.5. The van der Waals surface area contributed by atoms with Gasteiger partial charge in [-0.2, -0.15) is 0 Å². The Kier molecular flexibility index (Phi) is 5.45. The summed E-state index contributed by atoms with van der Waals surface area (Å²) < 4.78 is 6.28. The van der Waals surface area contributed by atoms with Crippen LogP contribution in [0.25, 0.3) is 0 Å². The third-order valence-corrected chi connectivity index (χ3v) is 4.30. The van der Waals surface area contributed by atoms with Crippen LogP contribution in [0.5, 0.6) is 5.75 Å². The van der Waals surface area contributed by atoms with Gasteiger partial charge >= 0.3 is 0 Å². The summed E-state index contributed by atoms with van der Waals surface area (Å²) in [6.45, 7) is 4.23. The molecule has 1 aliphatic rings. The van der Waals surface area contributed by atoms with Crippen molar-refractivity contribution in [3.8, 4) is 5.75 Å². The number of ether oxygens (including phenoxy) is 1. The van der Waals surface area contributed by atoms with Crippen molar-refractivity contribution in [3.05, 3.63) is 29.8 Å². The molecule has 1 aromatic rings. The first kappa shape index (κ1) is 14.9. The van der Waals surface area contributed by atoms with Crippen LogP contribution in [-0.2, 0) is 0 Å². The summed E-state index contributed by atoms with van der Waals surface area (Å²) in [6.07, 6.45) is 7.12. The monoisotopic (exact) mass is 275 g/mol.